The maximum Gasteiger partial charge on any atom is 0.258 e. The zero-order chi connectivity index (χ0) is 27.2. The third-order valence-corrected chi connectivity index (χ3v) is 7.10. The third kappa shape index (κ3) is 6.22. The third-order valence-electron chi connectivity index (χ3n) is 5.85. The van der Waals surface area contributed by atoms with Crippen LogP contribution >= 0.6 is 11.8 Å². The number of nitrogens with one attached hydrogen (secondary N) is 2. The first-order valence-corrected chi connectivity index (χ1v) is 13.0. The van der Waals surface area contributed by atoms with E-state index in [0.29, 0.717) is 16.3 Å². The van der Waals surface area contributed by atoms with Crippen LogP contribution in [0.1, 0.15) is 27.6 Å². The minimum Gasteiger partial charge on any atom is -0.322 e. The Bertz CT molecular complexity index is 1550. The maximum atomic E-state index is 14.0. The van der Waals surface area contributed by atoms with E-state index >= 15 is 0 Å². The van der Waals surface area contributed by atoms with Crippen LogP contribution in [-0.4, -0.2) is 23.6 Å². The van der Waals surface area contributed by atoms with Gasteiger partial charge in [0.2, 0.25) is 5.91 Å². The van der Waals surface area contributed by atoms with Gasteiger partial charge in [-0.1, -0.05) is 66.7 Å². The monoisotopic (exact) mass is 538 g/mol. The number of nitrogens with zero attached hydrogens (tertiary/aromatic N) is 2. The van der Waals surface area contributed by atoms with Gasteiger partial charge in [0, 0.05) is 10.6 Å². The predicted molar refractivity (Wildman–Crippen MR) is 150 cm³/mol. The number of amides is 3. The van der Waals surface area contributed by atoms with E-state index < -0.39 is 17.0 Å². The van der Waals surface area contributed by atoms with Crippen molar-refractivity contribution in [1.29, 1.82) is 0 Å². The van der Waals surface area contributed by atoms with Gasteiger partial charge < -0.3 is 10.6 Å². The van der Waals surface area contributed by atoms with Gasteiger partial charge >= 0.3 is 0 Å². The number of carbonyl (C=O) groups is 3. The van der Waals surface area contributed by atoms with Crippen molar-refractivity contribution in [3.63, 3.8) is 0 Å². The van der Waals surface area contributed by atoms with Crippen molar-refractivity contribution in [3.8, 4) is 0 Å². The van der Waals surface area contributed by atoms with E-state index in [1.165, 1.54) is 35.0 Å². The van der Waals surface area contributed by atoms with Gasteiger partial charge in [-0.3, -0.25) is 14.4 Å². The van der Waals surface area contributed by atoms with E-state index in [0.717, 1.165) is 5.56 Å². The number of anilines is 2. The lowest BCUT2D eigenvalue weighted by molar-refractivity contribution is -0.119. The zero-order valence-corrected chi connectivity index (χ0v) is 21.4. The number of rotatable bonds is 7. The van der Waals surface area contributed by atoms with E-state index in [9.17, 15) is 18.8 Å². The van der Waals surface area contributed by atoms with E-state index in [4.69, 9.17) is 0 Å². The van der Waals surface area contributed by atoms with Gasteiger partial charge in [-0.2, -0.15) is 10.1 Å². The fraction of sp³-hybridized carbons (Fsp3) is 0.0667. The molecular formula is C30H23FN4O3S. The van der Waals surface area contributed by atoms with Crippen molar-refractivity contribution in [1.82, 2.24) is 5.32 Å². The average Bonchev–Trinajstić information content (AvgIpc) is 3.32. The number of hydrogen-bond acceptors (Lipinski definition) is 5. The summed E-state index contributed by atoms with van der Waals surface area (Å²) in [7, 11) is 0. The first-order chi connectivity index (χ1) is 19.0. The Morgan fingerprint density at radius 2 is 1.54 bits per heavy atom. The van der Waals surface area contributed by atoms with E-state index in [1.807, 2.05) is 54.6 Å². The zero-order valence-electron chi connectivity index (χ0n) is 20.6. The number of benzene rings is 4. The summed E-state index contributed by atoms with van der Waals surface area (Å²) in [6, 6.07) is 31.0. The Morgan fingerprint density at radius 3 is 2.28 bits per heavy atom. The first kappa shape index (κ1) is 25.9. The van der Waals surface area contributed by atoms with Gasteiger partial charge in [0.05, 0.1) is 17.7 Å². The molecular weight excluding hydrogens is 515 g/mol. The Morgan fingerprint density at radius 1 is 0.846 bits per heavy atom. The Kier molecular flexibility index (Phi) is 7.79. The predicted octanol–water partition coefficient (Wildman–Crippen LogP) is 5.78. The highest BCUT2D eigenvalue weighted by molar-refractivity contribution is 8.00. The highest BCUT2D eigenvalue weighted by atomic mass is 32.2. The molecule has 7 nitrogen and oxygen atoms in total. The van der Waals surface area contributed by atoms with Crippen LogP contribution in [0.25, 0.3) is 0 Å². The molecule has 2 N–H and O–H groups in total. The van der Waals surface area contributed by atoms with Crippen LogP contribution in [0.5, 0.6) is 0 Å². The molecule has 5 rings (SSSR count). The molecule has 194 valence electrons. The summed E-state index contributed by atoms with van der Waals surface area (Å²) < 4.78 is 14.0. The normalized spacial score (nSPS) is 13.5. The SMILES string of the molecule is O=C(Nc1cccc(SC(C(=O)NC2=NN(c3ccccc3)C(=O)C2)c2ccccc2)c1)c1ccccc1F. The lowest BCUT2D eigenvalue weighted by Crippen LogP contribution is -2.33. The number of thioether (sulfide) groups is 1. The molecule has 3 amide bonds. The van der Waals surface area contributed by atoms with Gasteiger partial charge in [0.15, 0.2) is 0 Å². The van der Waals surface area contributed by atoms with Crippen molar-refractivity contribution >= 4 is 46.7 Å². The van der Waals surface area contributed by atoms with Crippen molar-refractivity contribution in [2.24, 2.45) is 5.10 Å². The molecule has 9 heteroatoms. The van der Waals surface area contributed by atoms with Crippen molar-refractivity contribution in [2.45, 2.75) is 16.6 Å². The van der Waals surface area contributed by atoms with Crippen LogP contribution in [-0.2, 0) is 9.59 Å². The van der Waals surface area contributed by atoms with Gasteiger partial charge in [-0.05, 0) is 48.0 Å². The van der Waals surface area contributed by atoms with E-state index in [2.05, 4.69) is 15.7 Å². The summed E-state index contributed by atoms with van der Waals surface area (Å²) in [5.41, 5.74) is 1.78. The minimum atomic E-state index is -0.674. The van der Waals surface area contributed by atoms with Crippen LogP contribution in [0, 0.1) is 5.82 Å². The summed E-state index contributed by atoms with van der Waals surface area (Å²) in [5.74, 6) is -1.49. The maximum absolute atomic E-state index is 14.0. The Hall–Kier alpha value is -4.76. The Labute approximate surface area is 228 Å². The molecule has 1 aliphatic rings. The van der Waals surface area contributed by atoms with Crippen molar-refractivity contribution in [2.75, 3.05) is 10.3 Å². The molecule has 1 unspecified atom stereocenters. The summed E-state index contributed by atoms with van der Waals surface area (Å²) in [4.78, 5) is 39.3. The van der Waals surface area contributed by atoms with Crippen molar-refractivity contribution in [3.05, 3.63) is 126 Å². The van der Waals surface area contributed by atoms with Crippen molar-refractivity contribution < 1.29 is 18.8 Å². The molecule has 0 saturated carbocycles. The summed E-state index contributed by atoms with van der Waals surface area (Å²) in [6.45, 7) is 0. The summed E-state index contributed by atoms with van der Waals surface area (Å²) in [5, 5.41) is 10.5. The molecule has 4 aromatic carbocycles. The van der Waals surface area contributed by atoms with Crippen LogP contribution in [0.4, 0.5) is 15.8 Å². The summed E-state index contributed by atoms with van der Waals surface area (Å²) in [6.07, 6.45) is -0.0234. The van der Waals surface area contributed by atoms with E-state index in [1.54, 1.807) is 36.4 Å². The molecule has 0 spiro atoms. The smallest absolute Gasteiger partial charge is 0.258 e. The molecule has 0 bridgehead atoms. The molecule has 0 aromatic heterocycles. The number of carbonyl (C=O) groups excluding carboxylic acids is 3. The number of amidine groups is 1. The van der Waals surface area contributed by atoms with Crippen LogP contribution in [0.3, 0.4) is 0 Å². The van der Waals surface area contributed by atoms with Gasteiger partial charge in [-0.25, -0.2) is 4.39 Å². The second-order valence-electron chi connectivity index (χ2n) is 8.62. The first-order valence-electron chi connectivity index (χ1n) is 12.1. The highest BCUT2D eigenvalue weighted by Crippen LogP contribution is 2.36. The topological polar surface area (TPSA) is 90.9 Å². The Balaban J connectivity index is 1.34. The molecule has 0 saturated heterocycles. The number of hydrogen-bond donors (Lipinski definition) is 2. The lowest BCUT2D eigenvalue weighted by Gasteiger charge is -2.17. The molecule has 0 aliphatic carbocycles. The molecule has 0 fully saturated rings. The van der Waals surface area contributed by atoms with Crippen LogP contribution in [0.15, 0.2) is 119 Å². The number of para-hydroxylation sites is 1. The molecule has 0 radical (unpaired) electrons. The fourth-order valence-electron chi connectivity index (χ4n) is 4.01. The molecule has 4 aromatic rings. The standard InChI is InChI=1S/C30H23FN4O3S/c31-25-17-8-7-16-24(25)29(37)32-21-12-9-15-23(18-21)39-28(20-10-3-1-4-11-20)30(38)33-26-19-27(36)35(34-26)22-13-5-2-6-14-22/h1-18,28H,19H2,(H,32,37)(H,33,34,38). The van der Waals surface area contributed by atoms with Gasteiger partial charge in [0.25, 0.3) is 11.8 Å². The fourth-order valence-corrected chi connectivity index (χ4v) is 5.09. The second-order valence-corrected chi connectivity index (χ2v) is 9.80. The number of hydrazone groups is 1. The van der Waals surface area contributed by atoms with Crippen LogP contribution in [0.2, 0.25) is 0 Å². The number of halogens is 1. The lowest BCUT2D eigenvalue weighted by atomic mass is 10.1. The summed E-state index contributed by atoms with van der Waals surface area (Å²) >= 11 is 1.28. The average molecular weight is 539 g/mol. The largest absolute Gasteiger partial charge is 0.322 e. The quantitative estimate of drug-likeness (QED) is 0.292. The minimum absolute atomic E-state index is 0.0234. The second kappa shape index (κ2) is 11.7. The van der Waals surface area contributed by atoms with E-state index in [-0.39, 0.29) is 29.6 Å². The van der Waals surface area contributed by atoms with Gasteiger partial charge in [0.1, 0.15) is 16.9 Å². The van der Waals surface area contributed by atoms with Crippen LogP contribution < -0.4 is 15.6 Å². The van der Waals surface area contributed by atoms with Gasteiger partial charge in [-0.15, -0.1) is 11.8 Å². The molecule has 1 aliphatic heterocycles. The highest BCUT2D eigenvalue weighted by Gasteiger charge is 2.29. The molecule has 1 atom stereocenters. The molecule has 1 heterocycles. The molecule has 39 heavy (non-hydrogen) atoms.